The Bertz CT molecular complexity index is 1900. The molecule has 2 aromatic heterocycles. The largest absolute Gasteiger partial charge is 0.496 e. The van der Waals surface area contributed by atoms with E-state index in [9.17, 15) is 9.59 Å². The molecule has 3 heterocycles. The van der Waals surface area contributed by atoms with E-state index in [2.05, 4.69) is 0 Å². The van der Waals surface area contributed by atoms with Gasteiger partial charge in [-0.2, -0.15) is 0 Å². The van der Waals surface area contributed by atoms with Crippen LogP contribution in [0.25, 0.3) is 22.5 Å². The standard InChI is InChI=1S/C31H24N2O4S2/c1-3-37-30(35)26-27(20-11-5-4-6-12-20)32-31-33(29(34)24(39-31)18-21-13-9-17-38-21)28(26)25-22-14-8-7-10-19(22)15-16-23(25)36-2/h4-18,28H,3H2,1-2H3/t28-/m1/s1. The average Bonchev–Trinajstić information content (AvgIpc) is 3.59. The zero-order valence-electron chi connectivity index (χ0n) is 21.3. The van der Waals surface area contributed by atoms with Crippen molar-refractivity contribution in [2.24, 2.45) is 4.99 Å². The molecule has 5 aromatic rings. The smallest absolute Gasteiger partial charge is 0.338 e. The van der Waals surface area contributed by atoms with Crippen LogP contribution in [0.2, 0.25) is 0 Å². The lowest BCUT2D eigenvalue weighted by molar-refractivity contribution is -0.138. The van der Waals surface area contributed by atoms with Gasteiger partial charge in [0.15, 0.2) is 4.80 Å². The minimum atomic E-state index is -0.818. The number of hydrogen-bond acceptors (Lipinski definition) is 7. The van der Waals surface area contributed by atoms with Crippen LogP contribution in [0.4, 0.5) is 0 Å². The van der Waals surface area contributed by atoms with Crippen molar-refractivity contribution < 1.29 is 14.3 Å². The lowest BCUT2D eigenvalue weighted by Crippen LogP contribution is -2.40. The van der Waals surface area contributed by atoms with Crippen molar-refractivity contribution in [2.75, 3.05) is 13.7 Å². The normalized spacial score (nSPS) is 15.2. The Morgan fingerprint density at radius 2 is 1.82 bits per heavy atom. The molecule has 0 aliphatic carbocycles. The molecule has 0 radical (unpaired) electrons. The van der Waals surface area contributed by atoms with Gasteiger partial charge in [-0.05, 0) is 41.3 Å². The summed E-state index contributed by atoms with van der Waals surface area (Å²) in [6, 6.07) is 24.4. The molecule has 0 unspecified atom stereocenters. The van der Waals surface area contributed by atoms with Gasteiger partial charge in [-0.25, -0.2) is 9.79 Å². The number of carbonyl (C=O) groups excluding carboxylic acids is 1. The predicted molar refractivity (Wildman–Crippen MR) is 156 cm³/mol. The first-order valence-electron chi connectivity index (χ1n) is 12.5. The highest BCUT2D eigenvalue weighted by Gasteiger charge is 2.37. The number of fused-ring (bicyclic) bond motifs is 2. The lowest BCUT2D eigenvalue weighted by atomic mass is 9.89. The molecular weight excluding hydrogens is 528 g/mol. The van der Waals surface area contributed by atoms with Crippen LogP contribution in [0.5, 0.6) is 5.75 Å². The summed E-state index contributed by atoms with van der Waals surface area (Å²) in [6.07, 6.45) is 1.88. The Morgan fingerprint density at radius 1 is 1.03 bits per heavy atom. The minimum absolute atomic E-state index is 0.187. The molecule has 0 amide bonds. The monoisotopic (exact) mass is 552 g/mol. The molecule has 0 saturated heterocycles. The number of thiophene rings is 1. The van der Waals surface area contributed by atoms with Crippen molar-refractivity contribution in [3.63, 3.8) is 0 Å². The molecule has 0 spiro atoms. The molecule has 1 aliphatic rings. The summed E-state index contributed by atoms with van der Waals surface area (Å²) >= 11 is 2.87. The molecule has 0 bridgehead atoms. The molecule has 1 atom stereocenters. The van der Waals surface area contributed by atoms with Crippen LogP contribution >= 0.6 is 22.7 Å². The van der Waals surface area contributed by atoms with Gasteiger partial charge in [0, 0.05) is 16.0 Å². The number of ether oxygens (including phenoxy) is 2. The van der Waals surface area contributed by atoms with E-state index in [0.717, 1.165) is 21.2 Å². The van der Waals surface area contributed by atoms with Gasteiger partial charge in [0.1, 0.15) is 11.8 Å². The van der Waals surface area contributed by atoms with E-state index in [0.29, 0.717) is 31.9 Å². The number of nitrogens with zero attached hydrogens (tertiary/aromatic N) is 2. The molecule has 0 N–H and O–H groups in total. The average molecular weight is 553 g/mol. The predicted octanol–water partition coefficient (Wildman–Crippen LogP) is 5.16. The van der Waals surface area contributed by atoms with E-state index in [4.69, 9.17) is 14.5 Å². The van der Waals surface area contributed by atoms with Gasteiger partial charge in [-0.1, -0.05) is 78.1 Å². The lowest BCUT2D eigenvalue weighted by Gasteiger charge is -2.28. The molecule has 0 saturated carbocycles. The topological polar surface area (TPSA) is 69.9 Å². The van der Waals surface area contributed by atoms with Crippen molar-refractivity contribution in [1.82, 2.24) is 4.57 Å². The molecule has 6 rings (SSSR count). The number of carbonyl (C=O) groups is 1. The van der Waals surface area contributed by atoms with Crippen LogP contribution in [0, 0.1) is 0 Å². The van der Waals surface area contributed by atoms with E-state index in [1.165, 1.54) is 11.3 Å². The molecule has 6 nitrogen and oxygen atoms in total. The fourth-order valence-electron chi connectivity index (χ4n) is 4.95. The van der Waals surface area contributed by atoms with Gasteiger partial charge >= 0.3 is 5.97 Å². The summed E-state index contributed by atoms with van der Waals surface area (Å²) in [4.78, 5) is 34.3. The summed E-state index contributed by atoms with van der Waals surface area (Å²) in [5, 5.41) is 3.82. The third-order valence-electron chi connectivity index (χ3n) is 6.61. The second-order valence-corrected chi connectivity index (χ2v) is 10.8. The Hall–Kier alpha value is -4.27. The highest BCUT2D eigenvalue weighted by atomic mass is 32.1. The van der Waals surface area contributed by atoms with E-state index >= 15 is 0 Å². The van der Waals surface area contributed by atoms with Crippen LogP contribution in [-0.4, -0.2) is 24.3 Å². The van der Waals surface area contributed by atoms with Crippen molar-refractivity contribution >= 4 is 51.2 Å². The van der Waals surface area contributed by atoms with Crippen molar-refractivity contribution in [3.8, 4) is 5.75 Å². The van der Waals surface area contributed by atoms with Gasteiger partial charge in [-0.15, -0.1) is 11.3 Å². The number of thiazole rings is 1. The highest BCUT2D eigenvalue weighted by molar-refractivity contribution is 7.11. The molecule has 3 aromatic carbocycles. The van der Waals surface area contributed by atoms with Crippen molar-refractivity contribution in [1.29, 1.82) is 0 Å². The maximum Gasteiger partial charge on any atom is 0.338 e. The third-order valence-corrected chi connectivity index (χ3v) is 8.42. The number of aromatic nitrogens is 1. The molecule has 194 valence electrons. The van der Waals surface area contributed by atoms with Gasteiger partial charge < -0.3 is 9.47 Å². The van der Waals surface area contributed by atoms with Crippen molar-refractivity contribution in [2.45, 2.75) is 13.0 Å². The van der Waals surface area contributed by atoms with Crippen molar-refractivity contribution in [3.05, 3.63) is 126 Å². The number of benzene rings is 3. The second-order valence-electron chi connectivity index (χ2n) is 8.85. The van der Waals surface area contributed by atoms with Crippen LogP contribution in [0.15, 0.2) is 99.6 Å². The highest BCUT2D eigenvalue weighted by Crippen LogP contribution is 2.42. The summed E-state index contributed by atoms with van der Waals surface area (Å²) in [6.45, 7) is 1.96. The SMILES string of the molecule is CCOC(=O)C1=C(c2ccccc2)N=c2sc(=Cc3cccs3)c(=O)n2[C@@H]1c1c(OC)ccc2ccccc12. The fraction of sp³-hybridized carbons (Fsp3) is 0.129. The van der Waals surface area contributed by atoms with Gasteiger partial charge in [-0.3, -0.25) is 9.36 Å². The first-order valence-corrected chi connectivity index (χ1v) is 14.2. The second kappa shape index (κ2) is 10.5. The zero-order chi connectivity index (χ0) is 26.9. The molecule has 8 heteroatoms. The summed E-state index contributed by atoms with van der Waals surface area (Å²) in [7, 11) is 1.60. The van der Waals surface area contributed by atoms with Crippen LogP contribution < -0.4 is 19.6 Å². The summed E-state index contributed by atoms with van der Waals surface area (Å²) in [5.41, 5.74) is 2.04. The Labute approximate surface area is 232 Å². The maximum atomic E-state index is 14.1. The van der Waals surface area contributed by atoms with E-state index in [-0.39, 0.29) is 12.2 Å². The molecule has 0 fully saturated rings. The van der Waals surface area contributed by atoms with Crippen LogP contribution in [0.1, 0.15) is 29.0 Å². The molecule has 39 heavy (non-hydrogen) atoms. The Kier molecular flexibility index (Phi) is 6.72. The van der Waals surface area contributed by atoms with E-state index in [1.54, 1.807) is 29.9 Å². The van der Waals surface area contributed by atoms with Gasteiger partial charge in [0.2, 0.25) is 0 Å². The first kappa shape index (κ1) is 25.0. The summed E-state index contributed by atoms with van der Waals surface area (Å²) < 4.78 is 13.6. The number of rotatable bonds is 6. The fourth-order valence-corrected chi connectivity index (χ4v) is 6.68. The molecule has 1 aliphatic heterocycles. The van der Waals surface area contributed by atoms with E-state index < -0.39 is 12.0 Å². The summed E-state index contributed by atoms with van der Waals surface area (Å²) in [5.74, 6) is 0.0512. The number of hydrogen-bond donors (Lipinski definition) is 0. The number of esters is 1. The Morgan fingerprint density at radius 3 is 2.56 bits per heavy atom. The Balaban J connectivity index is 1.77. The van der Waals surface area contributed by atoms with Gasteiger partial charge in [0.25, 0.3) is 5.56 Å². The van der Waals surface area contributed by atoms with E-state index in [1.807, 2.05) is 90.3 Å². The maximum absolute atomic E-state index is 14.1. The molecular formula is C31H24N2O4S2. The van der Waals surface area contributed by atoms with Crippen LogP contribution in [-0.2, 0) is 9.53 Å². The number of methoxy groups -OCH3 is 1. The zero-order valence-corrected chi connectivity index (χ0v) is 22.9. The third kappa shape index (κ3) is 4.41. The van der Waals surface area contributed by atoms with Crippen LogP contribution in [0.3, 0.4) is 0 Å². The first-order chi connectivity index (χ1) is 19.1. The quantitative estimate of drug-likeness (QED) is 0.273. The van der Waals surface area contributed by atoms with Gasteiger partial charge in [0.05, 0.1) is 29.5 Å². The minimum Gasteiger partial charge on any atom is -0.496 e.